The molecule has 2 aromatic rings. The van der Waals surface area contributed by atoms with E-state index in [2.05, 4.69) is 0 Å². The summed E-state index contributed by atoms with van der Waals surface area (Å²) >= 11 is 5.95. The van der Waals surface area contributed by atoms with Crippen LogP contribution in [-0.2, 0) is 16.0 Å². The first-order valence-electron chi connectivity index (χ1n) is 9.08. The molecule has 1 aliphatic heterocycles. The molecule has 10 heteroatoms. The Morgan fingerprint density at radius 3 is 2.29 bits per heavy atom. The van der Waals surface area contributed by atoms with Crippen LogP contribution in [-0.4, -0.2) is 22.8 Å². The molecule has 0 bridgehead atoms. The van der Waals surface area contributed by atoms with Gasteiger partial charge in [-0.1, -0.05) is 36.7 Å². The van der Waals surface area contributed by atoms with E-state index in [1.54, 1.807) is 24.3 Å². The number of ether oxygens (including phenoxy) is 2. The predicted molar refractivity (Wildman–Crippen MR) is 99.0 cm³/mol. The molecule has 0 aromatic heterocycles. The third-order valence-electron chi connectivity index (χ3n) is 4.80. The molecule has 1 N–H and O–H groups in total. The van der Waals surface area contributed by atoms with Gasteiger partial charge in [0.2, 0.25) is 0 Å². The molecule has 0 spiro atoms. The molecule has 0 fully saturated rings. The van der Waals surface area contributed by atoms with Crippen molar-refractivity contribution in [3.8, 4) is 11.5 Å². The molecule has 0 saturated carbocycles. The molecule has 0 aliphatic carbocycles. The SMILES string of the molecule is C[C@@H](CC[C@H](O)c1cccc(Cl)c1)Cc1ccc2c(c1)OC(C(=O)[O-])(C(=O)[O-])O2.[Na+].[Na+]. The molecular formula is C21H19ClNa2O7. The smallest absolute Gasteiger partial charge is 0.542 e. The number of carboxylic acid groups (broad SMARTS) is 2. The number of carbonyl (C=O) groups excluding carboxylic acids is 2. The second-order valence-corrected chi connectivity index (χ2v) is 7.57. The summed E-state index contributed by atoms with van der Waals surface area (Å²) in [7, 11) is 0. The molecule has 0 saturated heterocycles. The van der Waals surface area contributed by atoms with Crippen LogP contribution in [0.2, 0.25) is 5.02 Å². The fourth-order valence-corrected chi connectivity index (χ4v) is 3.45. The Morgan fingerprint density at radius 1 is 1.03 bits per heavy atom. The maximum Gasteiger partial charge on any atom is 1.00 e. The summed E-state index contributed by atoms with van der Waals surface area (Å²) in [5.41, 5.74) is 1.57. The van der Waals surface area contributed by atoms with Gasteiger partial charge in [-0.25, -0.2) is 0 Å². The molecule has 0 amide bonds. The first kappa shape index (κ1) is 28.3. The Labute approximate surface area is 229 Å². The van der Waals surface area contributed by atoms with Gasteiger partial charge < -0.3 is 34.4 Å². The largest absolute Gasteiger partial charge is 1.00 e. The third-order valence-corrected chi connectivity index (χ3v) is 5.04. The van der Waals surface area contributed by atoms with Crippen LogP contribution in [0.3, 0.4) is 0 Å². The maximum absolute atomic E-state index is 11.2. The Balaban J connectivity index is 0.00000240. The van der Waals surface area contributed by atoms with Crippen LogP contribution in [0, 0.1) is 5.92 Å². The van der Waals surface area contributed by atoms with Crippen molar-refractivity contribution in [3.63, 3.8) is 0 Å². The number of carbonyl (C=O) groups is 2. The summed E-state index contributed by atoms with van der Waals surface area (Å²) in [5.74, 6) is -6.88. The summed E-state index contributed by atoms with van der Waals surface area (Å²) < 4.78 is 9.93. The van der Waals surface area contributed by atoms with Gasteiger partial charge in [0.25, 0.3) is 0 Å². The van der Waals surface area contributed by atoms with Crippen molar-refractivity contribution >= 4 is 23.5 Å². The number of halogens is 1. The fraction of sp³-hybridized carbons (Fsp3) is 0.333. The molecule has 0 radical (unpaired) electrons. The first-order valence-corrected chi connectivity index (χ1v) is 9.46. The van der Waals surface area contributed by atoms with Crippen LogP contribution in [0.5, 0.6) is 11.5 Å². The van der Waals surface area contributed by atoms with Gasteiger partial charge in [-0.05, 0) is 60.6 Å². The quantitative estimate of drug-likeness (QED) is 0.307. The van der Waals surface area contributed by atoms with Gasteiger partial charge in [0, 0.05) is 5.02 Å². The number of fused-ring (bicyclic) bond motifs is 1. The van der Waals surface area contributed by atoms with Crippen molar-refractivity contribution in [3.05, 3.63) is 58.6 Å². The standard InChI is InChI=1S/C21H21ClO7.2Na/c1-12(5-7-16(23)14-3-2-4-15(22)11-14)9-13-6-8-17-18(10-13)29-21(28-17,19(24)25)20(26)27;;/h2-4,6,8,10-12,16,23H,5,7,9H2,1H3,(H,24,25)(H,26,27);;/q;2*+1/p-2/t12-,16-;;/m0../s1. The summed E-state index contributed by atoms with van der Waals surface area (Å²) in [6.07, 6.45) is 1.26. The van der Waals surface area contributed by atoms with E-state index >= 15 is 0 Å². The van der Waals surface area contributed by atoms with Gasteiger partial charge in [0.15, 0.2) is 11.5 Å². The Morgan fingerprint density at radius 2 is 1.68 bits per heavy atom. The number of carboxylic acids is 2. The van der Waals surface area contributed by atoms with Gasteiger partial charge in [-0.2, -0.15) is 0 Å². The van der Waals surface area contributed by atoms with Crippen molar-refractivity contribution < 1.29 is 93.5 Å². The zero-order valence-corrected chi connectivity index (χ0v) is 22.3. The van der Waals surface area contributed by atoms with Gasteiger partial charge in [0.05, 0.1) is 6.10 Å². The van der Waals surface area contributed by atoms with E-state index in [1.165, 1.54) is 12.1 Å². The molecule has 0 unspecified atom stereocenters. The molecule has 154 valence electrons. The molecule has 1 aliphatic rings. The third kappa shape index (κ3) is 6.62. The summed E-state index contributed by atoms with van der Waals surface area (Å²) in [4.78, 5) is 22.3. The minimum Gasteiger partial charge on any atom is -0.542 e. The van der Waals surface area contributed by atoms with E-state index in [0.29, 0.717) is 17.9 Å². The van der Waals surface area contributed by atoms with Crippen LogP contribution in [0.15, 0.2) is 42.5 Å². The van der Waals surface area contributed by atoms with Crippen LogP contribution >= 0.6 is 11.6 Å². The van der Waals surface area contributed by atoms with E-state index in [-0.39, 0.29) is 76.5 Å². The predicted octanol–water partition coefficient (Wildman–Crippen LogP) is -4.99. The minimum absolute atomic E-state index is 0. The molecule has 2 aromatic carbocycles. The average molecular weight is 465 g/mol. The topological polar surface area (TPSA) is 119 Å². The van der Waals surface area contributed by atoms with E-state index in [4.69, 9.17) is 21.1 Å². The second-order valence-electron chi connectivity index (χ2n) is 7.13. The molecule has 31 heavy (non-hydrogen) atoms. The normalized spacial score (nSPS) is 15.2. The Kier molecular flexibility index (Phi) is 10.9. The van der Waals surface area contributed by atoms with Gasteiger partial charge >= 0.3 is 64.9 Å². The van der Waals surface area contributed by atoms with Crippen molar-refractivity contribution in [2.75, 3.05) is 0 Å². The molecule has 3 rings (SSSR count). The van der Waals surface area contributed by atoms with Crippen molar-refractivity contribution in [1.82, 2.24) is 0 Å². The number of aliphatic hydroxyl groups is 1. The van der Waals surface area contributed by atoms with E-state index in [9.17, 15) is 24.9 Å². The zero-order valence-electron chi connectivity index (χ0n) is 17.6. The molecular weight excluding hydrogens is 446 g/mol. The van der Waals surface area contributed by atoms with Gasteiger partial charge in [-0.15, -0.1) is 0 Å². The fourth-order valence-electron chi connectivity index (χ4n) is 3.25. The van der Waals surface area contributed by atoms with Gasteiger partial charge in [-0.3, -0.25) is 0 Å². The van der Waals surface area contributed by atoms with E-state index in [0.717, 1.165) is 17.5 Å². The van der Waals surface area contributed by atoms with Crippen molar-refractivity contribution in [2.24, 2.45) is 5.92 Å². The van der Waals surface area contributed by atoms with Crippen molar-refractivity contribution in [2.45, 2.75) is 38.1 Å². The molecule has 2 atom stereocenters. The Bertz CT molecular complexity index is 924. The summed E-state index contributed by atoms with van der Waals surface area (Å²) in [6.45, 7) is 2.02. The average Bonchev–Trinajstić information content (AvgIpc) is 3.06. The van der Waals surface area contributed by atoms with Crippen LogP contribution in [0.25, 0.3) is 0 Å². The summed E-state index contributed by atoms with van der Waals surface area (Å²) in [6, 6.07) is 11.8. The Hall–Kier alpha value is -0.770. The summed E-state index contributed by atoms with van der Waals surface area (Å²) in [5, 5.41) is 33.2. The first-order chi connectivity index (χ1) is 13.7. The number of benzene rings is 2. The van der Waals surface area contributed by atoms with E-state index in [1.807, 2.05) is 13.0 Å². The minimum atomic E-state index is -2.98. The number of hydrogen-bond acceptors (Lipinski definition) is 7. The molecule has 7 nitrogen and oxygen atoms in total. The number of hydrogen-bond donors (Lipinski definition) is 1. The number of aliphatic hydroxyl groups excluding tert-OH is 1. The monoisotopic (exact) mass is 464 g/mol. The van der Waals surface area contributed by atoms with Crippen LogP contribution in [0.1, 0.15) is 37.0 Å². The zero-order chi connectivity index (χ0) is 21.2. The number of aliphatic carboxylic acids is 2. The maximum atomic E-state index is 11.2. The second kappa shape index (κ2) is 11.9. The molecule has 1 heterocycles. The van der Waals surface area contributed by atoms with Crippen LogP contribution in [0.4, 0.5) is 0 Å². The van der Waals surface area contributed by atoms with Gasteiger partial charge in [0.1, 0.15) is 11.9 Å². The van der Waals surface area contributed by atoms with Crippen molar-refractivity contribution in [1.29, 1.82) is 0 Å². The van der Waals surface area contributed by atoms with Crippen LogP contribution < -0.4 is 78.8 Å². The van der Waals surface area contributed by atoms with E-state index < -0.39 is 23.8 Å². The number of rotatable bonds is 8.